The van der Waals surface area contributed by atoms with Gasteiger partial charge in [0.2, 0.25) is 0 Å². The molecule has 0 heterocycles. The van der Waals surface area contributed by atoms with Gasteiger partial charge < -0.3 is 15.8 Å². The summed E-state index contributed by atoms with van der Waals surface area (Å²) in [5.74, 6) is 0. The second-order valence-electron chi connectivity index (χ2n) is 2.76. The molecule has 0 rings (SSSR count). The highest BCUT2D eigenvalue weighted by Gasteiger charge is 2.27. The van der Waals surface area contributed by atoms with Crippen molar-refractivity contribution in [2.45, 2.75) is 19.1 Å². The molecule has 80 valence electrons. The van der Waals surface area contributed by atoms with Crippen LogP contribution in [-0.2, 0) is 4.74 Å². The minimum absolute atomic E-state index is 0.0455. The van der Waals surface area contributed by atoms with Crippen LogP contribution in [0.5, 0.6) is 0 Å². The van der Waals surface area contributed by atoms with Crippen molar-refractivity contribution < 1.29 is 17.9 Å². The molecule has 13 heavy (non-hydrogen) atoms. The number of nitrogens with two attached hydrogens (primary N) is 1. The number of hydrogen-bond acceptors (Lipinski definition) is 3. The van der Waals surface area contributed by atoms with Gasteiger partial charge >= 0.3 is 6.18 Å². The van der Waals surface area contributed by atoms with Crippen LogP contribution in [0.4, 0.5) is 13.2 Å². The molecule has 0 bridgehead atoms. The van der Waals surface area contributed by atoms with E-state index in [-0.39, 0.29) is 12.6 Å². The van der Waals surface area contributed by atoms with Gasteiger partial charge in [0, 0.05) is 19.1 Å². The second-order valence-corrected chi connectivity index (χ2v) is 2.76. The average molecular weight is 200 g/mol. The van der Waals surface area contributed by atoms with E-state index in [2.05, 4.69) is 10.1 Å². The summed E-state index contributed by atoms with van der Waals surface area (Å²) in [5.41, 5.74) is 5.27. The topological polar surface area (TPSA) is 47.3 Å². The van der Waals surface area contributed by atoms with Crippen molar-refractivity contribution in [2.75, 3.05) is 26.3 Å². The second kappa shape index (κ2) is 6.17. The predicted octanol–water partition coefficient (Wildman–Crippen LogP) is 0.502. The molecule has 0 aromatic heterocycles. The highest BCUT2D eigenvalue weighted by molar-refractivity contribution is 4.59. The Morgan fingerprint density at radius 2 is 2.08 bits per heavy atom. The Balaban J connectivity index is 3.18. The summed E-state index contributed by atoms with van der Waals surface area (Å²) in [6.07, 6.45) is -4.24. The van der Waals surface area contributed by atoms with Gasteiger partial charge in [0.25, 0.3) is 0 Å². The third-order valence-electron chi connectivity index (χ3n) is 1.36. The monoisotopic (exact) mass is 200 g/mol. The van der Waals surface area contributed by atoms with Crippen LogP contribution in [0.15, 0.2) is 0 Å². The number of hydrogen-bond donors (Lipinski definition) is 2. The predicted molar refractivity (Wildman–Crippen MR) is 43.4 cm³/mol. The zero-order chi connectivity index (χ0) is 10.3. The van der Waals surface area contributed by atoms with Crippen LogP contribution >= 0.6 is 0 Å². The molecule has 0 aliphatic heterocycles. The Kier molecular flexibility index (Phi) is 6.02. The van der Waals surface area contributed by atoms with Gasteiger partial charge in [-0.25, -0.2) is 0 Å². The van der Waals surface area contributed by atoms with Crippen LogP contribution in [-0.4, -0.2) is 38.5 Å². The van der Waals surface area contributed by atoms with Gasteiger partial charge in [-0.2, -0.15) is 13.2 Å². The zero-order valence-corrected chi connectivity index (χ0v) is 7.53. The summed E-state index contributed by atoms with van der Waals surface area (Å²) >= 11 is 0. The van der Waals surface area contributed by atoms with Gasteiger partial charge in [-0.15, -0.1) is 0 Å². The molecule has 0 saturated carbocycles. The molecule has 0 aliphatic carbocycles. The van der Waals surface area contributed by atoms with Crippen molar-refractivity contribution in [3.05, 3.63) is 0 Å². The maximum atomic E-state index is 11.5. The molecule has 0 amide bonds. The molecule has 0 unspecified atom stereocenters. The van der Waals surface area contributed by atoms with Crippen molar-refractivity contribution in [2.24, 2.45) is 5.73 Å². The van der Waals surface area contributed by atoms with Crippen molar-refractivity contribution in [1.29, 1.82) is 0 Å². The number of alkyl halides is 3. The quantitative estimate of drug-likeness (QED) is 0.614. The SMILES string of the molecule is C[C@H](CN)NCCOCC(F)(F)F. The van der Waals surface area contributed by atoms with Crippen LogP contribution in [0, 0.1) is 0 Å². The number of nitrogens with one attached hydrogen (secondary N) is 1. The standard InChI is InChI=1S/C7H15F3N2O/c1-6(4-11)12-2-3-13-5-7(8,9)10/h6,12H,2-5,11H2,1H3/t6-/m1/s1. The molecular weight excluding hydrogens is 185 g/mol. The van der Waals surface area contributed by atoms with Gasteiger partial charge in [-0.3, -0.25) is 0 Å². The van der Waals surface area contributed by atoms with Crippen molar-refractivity contribution >= 4 is 0 Å². The fraction of sp³-hybridized carbons (Fsp3) is 1.00. The molecule has 0 fully saturated rings. The lowest BCUT2D eigenvalue weighted by Gasteiger charge is -2.11. The molecular formula is C7H15F3N2O. The lowest BCUT2D eigenvalue weighted by Crippen LogP contribution is -2.35. The van der Waals surface area contributed by atoms with Gasteiger partial charge in [0.05, 0.1) is 6.61 Å². The fourth-order valence-corrected chi connectivity index (χ4v) is 0.649. The largest absolute Gasteiger partial charge is 0.411 e. The number of rotatable bonds is 6. The van der Waals surface area contributed by atoms with Gasteiger partial charge in [-0.1, -0.05) is 0 Å². The first-order valence-corrected chi connectivity index (χ1v) is 4.03. The summed E-state index contributed by atoms with van der Waals surface area (Å²) in [7, 11) is 0. The van der Waals surface area contributed by atoms with Gasteiger partial charge in [-0.05, 0) is 6.92 Å². The zero-order valence-electron chi connectivity index (χ0n) is 7.53. The fourth-order valence-electron chi connectivity index (χ4n) is 0.649. The summed E-state index contributed by atoms with van der Waals surface area (Å²) < 4.78 is 39.0. The average Bonchev–Trinajstić information content (AvgIpc) is 2.01. The lowest BCUT2D eigenvalue weighted by molar-refractivity contribution is -0.173. The van der Waals surface area contributed by atoms with E-state index in [1.165, 1.54) is 0 Å². The molecule has 0 saturated heterocycles. The first-order chi connectivity index (χ1) is 5.95. The summed E-state index contributed by atoms with van der Waals surface area (Å²) in [6, 6.07) is 0.106. The van der Waals surface area contributed by atoms with Gasteiger partial charge in [0.1, 0.15) is 6.61 Å². The molecule has 0 aromatic rings. The molecule has 3 nitrogen and oxygen atoms in total. The van der Waals surface area contributed by atoms with E-state index in [0.29, 0.717) is 13.1 Å². The van der Waals surface area contributed by atoms with E-state index in [4.69, 9.17) is 5.73 Å². The molecule has 6 heteroatoms. The van der Waals surface area contributed by atoms with E-state index in [1.807, 2.05) is 6.92 Å². The maximum Gasteiger partial charge on any atom is 0.411 e. The van der Waals surface area contributed by atoms with E-state index in [1.54, 1.807) is 0 Å². The van der Waals surface area contributed by atoms with E-state index in [9.17, 15) is 13.2 Å². The molecule has 3 N–H and O–H groups in total. The number of ether oxygens (including phenoxy) is 1. The first kappa shape index (κ1) is 12.7. The van der Waals surface area contributed by atoms with Crippen molar-refractivity contribution in [3.63, 3.8) is 0 Å². The lowest BCUT2D eigenvalue weighted by atomic mass is 10.3. The van der Waals surface area contributed by atoms with E-state index >= 15 is 0 Å². The normalized spacial score (nSPS) is 14.5. The first-order valence-electron chi connectivity index (χ1n) is 4.03. The Labute approximate surface area is 75.4 Å². The third kappa shape index (κ3) is 9.59. The van der Waals surface area contributed by atoms with Crippen molar-refractivity contribution in [1.82, 2.24) is 5.32 Å². The van der Waals surface area contributed by atoms with Crippen molar-refractivity contribution in [3.8, 4) is 0 Å². The smallest absolute Gasteiger partial charge is 0.371 e. The Bertz CT molecular complexity index is 129. The van der Waals surface area contributed by atoms with E-state index < -0.39 is 12.8 Å². The Morgan fingerprint density at radius 1 is 1.46 bits per heavy atom. The summed E-state index contributed by atoms with van der Waals surface area (Å²) in [5, 5.41) is 2.90. The number of halogens is 3. The van der Waals surface area contributed by atoms with E-state index in [0.717, 1.165) is 0 Å². The molecule has 0 aromatic carbocycles. The highest BCUT2D eigenvalue weighted by atomic mass is 19.4. The van der Waals surface area contributed by atoms with Crippen LogP contribution in [0.1, 0.15) is 6.92 Å². The Hall–Kier alpha value is -0.330. The minimum atomic E-state index is -4.24. The van der Waals surface area contributed by atoms with Crippen LogP contribution in [0.25, 0.3) is 0 Å². The summed E-state index contributed by atoms with van der Waals surface area (Å²) in [6.45, 7) is 1.55. The Morgan fingerprint density at radius 3 is 2.54 bits per heavy atom. The molecule has 0 spiro atoms. The van der Waals surface area contributed by atoms with Crippen LogP contribution in [0.2, 0.25) is 0 Å². The third-order valence-corrected chi connectivity index (χ3v) is 1.36. The maximum absolute atomic E-state index is 11.5. The van der Waals surface area contributed by atoms with Crippen LogP contribution < -0.4 is 11.1 Å². The van der Waals surface area contributed by atoms with Crippen LogP contribution in [0.3, 0.4) is 0 Å². The molecule has 0 radical (unpaired) electrons. The molecule has 0 aliphatic rings. The summed E-state index contributed by atoms with van der Waals surface area (Å²) in [4.78, 5) is 0. The van der Waals surface area contributed by atoms with Gasteiger partial charge in [0.15, 0.2) is 0 Å². The highest BCUT2D eigenvalue weighted by Crippen LogP contribution is 2.13. The molecule has 1 atom stereocenters. The minimum Gasteiger partial charge on any atom is -0.371 e.